The molecule has 0 aliphatic heterocycles. The van der Waals surface area contributed by atoms with Crippen LogP contribution in [0.2, 0.25) is 0 Å². The Morgan fingerprint density at radius 2 is 1.74 bits per heavy atom. The van der Waals surface area contributed by atoms with Crippen molar-refractivity contribution in [1.29, 1.82) is 0 Å². The van der Waals surface area contributed by atoms with E-state index in [4.69, 9.17) is 9.52 Å². The lowest BCUT2D eigenvalue weighted by molar-refractivity contribution is 0.282. The maximum atomic E-state index is 12.4. The third kappa shape index (κ3) is 2.04. The normalized spacial score (nSPS) is 10.8. The fraction of sp³-hybridized carbons (Fsp3) is 0.0625. The van der Waals surface area contributed by atoms with Gasteiger partial charge in [-0.05, 0) is 23.3 Å². The molecule has 1 heterocycles. The molecule has 94 valence electrons. The van der Waals surface area contributed by atoms with Crippen LogP contribution in [0.4, 0.5) is 0 Å². The summed E-state index contributed by atoms with van der Waals surface area (Å²) >= 11 is 0. The average Bonchev–Trinajstić information content (AvgIpc) is 2.48. The summed E-state index contributed by atoms with van der Waals surface area (Å²) in [5, 5.41) is 9.59. The summed E-state index contributed by atoms with van der Waals surface area (Å²) < 4.78 is 5.49. The van der Waals surface area contributed by atoms with Crippen LogP contribution in [0.1, 0.15) is 5.56 Å². The SMILES string of the molecule is O=c1c(-c2ccc(CO)cc2)coc2ccccc12. The Kier molecular flexibility index (Phi) is 2.89. The molecule has 0 unspecified atom stereocenters. The quantitative estimate of drug-likeness (QED) is 0.762. The molecule has 0 spiro atoms. The minimum Gasteiger partial charge on any atom is -0.463 e. The van der Waals surface area contributed by atoms with Gasteiger partial charge in [0, 0.05) is 0 Å². The van der Waals surface area contributed by atoms with Gasteiger partial charge in [0.05, 0.1) is 17.6 Å². The van der Waals surface area contributed by atoms with Crippen molar-refractivity contribution in [3.63, 3.8) is 0 Å². The first-order chi connectivity index (χ1) is 9.29. The maximum Gasteiger partial charge on any atom is 0.200 e. The monoisotopic (exact) mass is 252 g/mol. The minimum absolute atomic E-state index is 0.00733. The van der Waals surface area contributed by atoms with Crippen LogP contribution in [-0.4, -0.2) is 5.11 Å². The molecule has 3 rings (SSSR count). The van der Waals surface area contributed by atoms with E-state index in [0.29, 0.717) is 16.5 Å². The molecule has 0 amide bonds. The molecule has 0 radical (unpaired) electrons. The van der Waals surface area contributed by atoms with Gasteiger partial charge in [0.25, 0.3) is 0 Å². The van der Waals surface area contributed by atoms with Crippen molar-refractivity contribution >= 4 is 11.0 Å². The van der Waals surface area contributed by atoms with Gasteiger partial charge >= 0.3 is 0 Å². The van der Waals surface area contributed by atoms with E-state index in [0.717, 1.165) is 11.1 Å². The van der Waals surface area contributed by atoms with Crippen LogP contribution in [0.25, 0.3) is 22.1 Å². The van der Waals surface area contributed by atoms with Gasteiger partial charge in [0.15, 0.2) is 5.43 Å². The highest BCUT2D eigenvalue weighted by Crippen LogP contribution is 2.20. The highest BCUT2D eigenvalue weighted by atomic mass is 16.3. The largest absolute Gasteiger partial charge is 0.463 e. The van der Waals surface area contributed by atoms with Crippen LogP contribution >= 0.6 is 0 Å². The molecule has 19 heavy (non-hydrogen) atoms. The smallest absolute Gasteiger partial charge is 0.200 e. The standard InChI is InChI=1S/C16H12O3/c17-9-11-5-7-12(8-6-11)14-10-19-15-4-2-1-3-13(15)16(14)18/h1-8,10,17H,9H2. The number of para-hydroxylation sites is 1. The van der Waals surface area contributed by atoms with E-state index in [1.807, 2.05) is 24.3 Å². The molecule has 0 fully saturated rings. The second-order valence-electron chi connectivity index (χ2n) is 4.33. The summed E-state index contributed by atoms with van der Waals surface area (Å²) in [6.07, 6.45) is 1.48. The van der Waals surface area contributed by atoms with Gasteiger partial charge in [-0.15, -0.1) is 0 Å². The Morgan fingerprint density at radius 3 is 2.47 bits per heavy atom. The molecule has 1 aromatic heterocycles. The molecular weight excluding hydrogens is 240 g/mol. The van der Waals surface area contributed by atoms with Crippen LogP contribution in [-0.2, 0) is 6.61 Å². The Bertz CT molecular complexity index is 770. The molecule has 0 bridgehead atoms. The second kappa shape index (κ2) is 4.71. The van der Waals surface area contributed by atoms with Crippen LogP contribution in [0.5, 0.6) is 0 Å². The van der Waals surface area contributed by atoms with Crippen molar-refractivity contribution < 1.29 is 9.52 Å². The van der Waals surface area contributed by atoms with Crippen LogP contribution in [0.15, 0.2) is 64.0 Å². The van der Waals surface area contributed by atoms with Gasteiger partial charge in [-0.3, -0.25) is 4.79 Å². The fourth-order valence-electron chi connectivity index (χ4n) is 2.07. The van der Waals surface area contributed by atoms with Crippen molar-refractivity contribution in [3.8, 4) is 11.1 Å². The molecule has 0 aliphatic rings. The Hall–Kier alpha value is -2.39. The van der Waals surface area contributed by atoms with Gasteiger partial charge in [-0.25, -0.2) is 0 Å². The zero-order valence-corrected chi connectivity index (χ0v) is 10.2. The number of aliphatic hydroxyl groups is 1. The Morgan fingerprint density at radius 1 is 1.00 bits per heavy atom. The second-order valence-corrected chi connectivity index (χ2v) is 4.33. The molecule has 1 N–H and O–H groups in total. The highest BCUT2D eigenvalue weighted by molar-refractivity contribution is 5.81. The molecule has 0 saturated carbocycles. The van der Waals surface area contributed by atoms with Gasteiger partial charge < -0.3 is 9.52 Å². The van der Waals surface area contributed by atoms with Gasteiger partial charge in [-0.2, -0.15) is 0 Å². The Labute approximate surface area is 109 Å². The number of fused-ring (bicyclic) bond motifs is 1. The first-order valence-corrected chi connectivity index (χ1v) is 6.00. The van der Waals surface area contributed by atoms with Crippen molar-refractivity contribution in [2.75, 3.05) is 0 Å². The van der Waals surface area contributed by atoms with E-state index in [-0.39, 0.29) is 12.0 Å². The maximum absolute atomic E-state index is 12.4. The third-order valence-corrected chi connectivity index (χ3v) is 3.13. The summed E-state index contributed by atoms with van der Waals surface area (Å²) in [7, 11) is 0. The van der Waals surface area contributed by atoms with E-state index in [9.17, 15) is 4.79 Å². The molecular formula is C16H12O3. The molecule has 2 aromatic carbocycles. The van der Waals surface area contributed by atoms with Crippen LogP contribution in [0.3, 0.4) is 0 Å². The van der Waals surface area contributed by atoms with Gasteiger partial charge in [0.1, 0.15) is 11.8 Å². The molecule has 3 aromatic rings. The third-order valence-electron chi connectivity index (χ3n) is 3.13. The summed E-state index contributed by atoms with van der Waals surface area (Å²) in [5.41, 5.74) is 2.68. The van der Waals surface area contributed by atoms with Gasteiger partial charge in [0.2, 0.25) is 0 Å². The molecule has 3 nitrogen and oxygen atoms in total. The van der Waals surface area contributed by atoms with E-state index in [1.54, 1.807) is 24.3 Å². The summed E-state index contributed by atoms with van der Waals surface area (Å²) in [6, 6.07) is 14.4. The van der Waals surface area contributed by atoms with E-state index in [2.05, 4.69) is 0 Å². The van der Waals surface area contributed by atoms with Crippen molar-refractivity contribution in [3.05, 3.63) is 70.6 Å². The van der Waals surface area contributed by atoms with Crippen LogP contribution in [0, 0.1) is 0 Å². The Balaban J connectivity index is 2.19. The molecule has 0 aliphatic carbocycles. The minimum atomic E-state index is -0.0430. The first-order valence-electron chi connectivity index (χ1n) is 6.00. The van der Waals surface area contributed by atoms with E-state index in [1.165, 1.54) is 6.26 Å². The molecule has 3 heteroatoms. The summed E-state index contributed by atoms with van der Waals surface area (Å²) in [4.78, 5) is 12.4. The lowest BCUT2D eigenvalue weighted by Crippen LogP contribution is -2.04. The molecule has 0 atom stereocenters. The number of hydrogen-bond donors (Lipinski definition) is 1. The fourth-order valence-corrected chi connectivity index (χ4v) is 2.07. The molecule has 0 saturated heterocycles. The first kappa shape index (κ1) is 11.7. The number of rotatable bonds is 2. The topological polar surface area (TPSA) is 50.4 Å². The summed E-state index contributed by atoms with van der Waals surface area (Å²) in [6.45, 7) is -0.00733. The summed E-state index contributed by atoms with van der Waals surface area (Å²) in [5.74, 6) is 0. The number of hydrogen-bond acceptors (Lipinski definition) is 3. The van der Waals surface area contributed by atoms with E-state index >= 15 is 0 Å². The number of benzene rings is 2. The predicted octanol–water partition coefficient (Wildman–Crippen LogP) is 2.95. The zero-order valence-electron chi connectivity index (χ0n) is 10.2. The van der Waals surface area contributed by atoms with Gasteiger partial charge in [-0.1, -0.05) is 36.4 Å². The average molecular weight is 252 g/mol. The van der Waals surface area contributed by atoms with Crippen molar-refractivity contribution in [1.82, 2.24) is 0 Å². The lowest BCUT2D eigenvalue weighted by atomic mass is 10.0. The van der Waals surface area contributed by atoms with E-state index < -0.39 is 0 Å². The number of aliphatic hydroxyl groups excluding tert-OH is 1. The van der Waals surface area contributed by atoms with Crippen molar-refractivity contribution in [2.24, 2.45) is 0 Å². The highest BCUT2D eigenvalue weighted by Gasteiger charge is 2.08. The zero-order chi connectivity index (χ0) is 13.2. The van der Waals surface area contributed by atoms with Crippen molar-refractivity contribution in [2.45, 2.75) is 6.61 Å². The predicted molar refractivity (Wildman–Crippen MR) is 73.8 cm³/mol. The lowest BCUT2D eigenvalue weighted by Gasteiger charge is -2.03. The van der Waals surface area contributed by atoms with Crippen LogP contribution < -0.4 is 5.43 Å².